The number of rotatable bonds is 3. The molecule has 134 valence electrons. The van der Waals surface area contributed by atoms with Crippen molar-refractivity contribution in [3.8, 4) is 0 Å². The molecule has 8 heteroatoms. The molecular weight excluding hydrogens is 324 g/mol. The number of carbonyl (C=O) groups is 3. The van der Waals surface area contributed by atoms with Gasteiger partial charge < -0.3 is 14.9 Å². The van der Waals surface area contributed by atoms with E-state index in [2.05, 4.69) is 10.3 Å². The Morgan fingerprint density at radius 3 is 2.80 bits per heavy atom. The third-order valence-corrected chi connectivity index (χ3v) is 5.23. The van der Waals surface area contributed by atoms with Gasteiger partial charge in [-0.2, -0.15) is 0 Å². The minimum atomic E-state index is -0.818. The van der Waals surface area contributed by atoms with Crippen molar-refractivity contribution in [2.75, 3.05) is 32.5 Å². The van der Waals surface area contributed by atoms with Gasteiger partial charge in [-0.25, -0.2) is 9.78 Å². The number of carbonyl (C=O) groups excluding carboxylic acids is 2. The van der Waals surface area contributed by atoms with Crippen molar-refractivity contribution in [3.05, 3.63) is 23.9 Å². The van der Waals surface area contributed by atoms with Crippen LogP contribution in [0.5, 0.6) is 0 Å². The van der Waals surface area contributed by atoms with E-state index in [9.17, 15) is 19.5 Å². The van der Waals surface area contributed by atoms with Crippen molar-refractivity contribution in [1.29, 1.82) is 0 Å². The molecule has 2 N–H and O–H groups in total. The number of pyridine rings is 1. The van der Waals surface area contributed by atoms with Crippen LogP contribution >= 0.6 is 0 Å². The van der Waals surface area contributed by atoms with E-state index < -0.39 is 11.4 Å². The Morgan fingerprint density at radius 2 is 2.16 bits per heavy atom. The maximum atomic E-state index is 12.5. The van der Waals surface area contributed by atoms with Crippen molar-refractivity contribution in [2.45, 2.75) is 19.3 Å². The van der Waals surface area contributed by atoms with Crippen LogP contribution in [0.4, 0.5) is 10.6 Å². The topological polar surface area (TPSA) is 103 Å². The molecule has 0 bridgehead atoms. The number of amides is 3. The number of likely N-dealkylation sites (tertiary alicyclic amines) is 1. The van der Waals surface area contributed by atoms with E-state index in [-0.39, 0.29) is 30.2 Å². The van der Waals surface area contributed by atoms with Crippen molar-refractivity contribution in [2.24, 2.45) is 11.3 Å². The predicted molar refractivity (Wildman–Crippen MR) is 90.3 cm³/mol. The SMILES string of the molecule is CN(C)C(=O)c1ccnc(NC(=O)N2C[C@@H]3CCC[C@@]3(C(=O)O)C2)c1. The summed E-state index contributed by atoms with van der Waals surface area (Å²) >= 11 is 0. The van der Waals surface area contributed by atoms with Gasteiger partial charge in [0.25, 0.3) is 5.91 Å². The van der Waals surface area contributed by atoms with Gasteiger partial charge >= 0.3 is 12.0 Å². The van der Waals surface area contributed by atoms with Gasteiger partial charge in [-0.3, -0.25) is 14.9 Å². The van der Waals surface area contributed by atoms with Crippen LogP contribution in [0.15, 0.2) is 18.3 Å². The molecule has 0 unspecified atom stereocenters. The average Bonchev–Trinajstić information content (AvgIpc) is 3.12. The second-order valence-corrected chi connectivity index (χ2v) is 6.99. The van der Waals surface area contributed by atoms with Crippen LogP contribution in [0, 0.1) is 11.3 Å². The first-order chi connectivity index (χ1) is 11.8. The number of urea groups is 1. The number of aliphatic carboxylic acids is 1. The first-order valence-corrected chi connectivity index (χ1v) is 8.30. The smallest absolute Gasteiger partial charge is 0.323 e. The molecule has 3 amide bonds. The summed E-state index contributed by atoms with van der Waals surface area (Å²) in [5.74, 6) is -0.718. The first-order valence-electron chi connectivity index (χ1n) is 8.30. The lowest BCUT2D eigenvalue weighted by Gasteiger charge is -2.23. The van der Waals surface area contributed by atoms with Gasteiger partial charge in [0.2, 0.25) is 0 Å². The van der Waals surface area contributed by atoms with Crippen LogP contribution in [0.2, 0.25) is 0 Å². The largest absolute Gasteiger partial charge is 0.481 e. The number of carboxylic acid groups (broad SMARTS) is 1. The zero-order valence-electron chi connectivity index (χ0n) is 14.4. The summed E-state index contributed by atoms with van der Waals surface area (Å²) in [7, 11) is 3.30. The molecule has 0 radical (unpaired) electrons. The van der Waals surface area contributed by atoms with E-state index >= 15 is 0 Å². The quantitative estimate of drug-likeness (QED) is 0.863. The molecule has 0 spiro atoms. The molecule has 1 aliphatic heterocycles. The number of carboxylic acids is 1. The molecule has 3 rings (SSSR count). The number of fused-ring (bicyclic) bond motifs is 1. The average molecular weight is 346 g/mol. The van der Waals surface area contributed by atoms with E-state index in [0.29, 0.717) is 18.5 Å². The van der Waals surface area contributed by atoms with Crippen molar-refractivity contribution < 1.29 is 19.5 Å². The molecule has 1 saturated heterocycles. The number of aromatic nitrogens is 1. The van der Waals surface area contributed by atoms with Crippen LogP contribution in [-0.4, -0.2) is 65.0 Å². The lowest BCUT2D eigenvalue weighted by molar-refractivity contribution is -0.149. The molecule has 2 heterocycles. The van der Waals surface area contributed by atoms with Crippen molar-refractivity contribution in [3.63, 3.8) is 0 Å². The van der Waals surface area contributed by atoms with Gasteiger partial charge in [0, 0.05) is 38.9 Å². The summed E-state index contributed by atoms with van der Waals surface area (Å²) in [6.07, 6.45) is 3.80. The zero-order chi connectivity index (χ0) is 18.2. The van der Waals surface area contributed by atoms with Gasteiger partial charge in [-0.05, 0) is 30.9 Å². The molecule has 1 aromatic heterocycles. The first kappa shape index (κ1) is 17.2. The fourth-order valence-corrected chi connectivity index (χ4v) is 3.87. The van der Waals surface area contributed by atoms with E-state index in [0.717, 1.165) is 12.8 Å². The number of hydrogen-bond acceptors (Lipinski definition) is 4. The van der Waals surface area contributed by atoms with E-state index in [1.807, 2.05) is 0 Å². The summed E-state index contributed by atoms with van der Waals surface area (Å²) in [6, 6.07) is 2.72. The molecule has 0 aromatic carbocycles. The highest BCUT2D eigenvalue weighted by Gasteiger charge is 2.55. The highest BCUT2D eigenvalue weighted by Crippen LogP contribution is 2.48. The molecule has 2 fully saturated rings. The van der Waals surface area contributed by atoms with Gasteiger partial charge in [0.1, 0.15) is 5.82 Å². The van der Waals surface area contributed by atoms with E-state index in [1.54, 1.807) is 25.1 Å². The Hall–Kier alpha value is -2.64. The summed E-state index contributed by atoms with van der Waals surface area (Å²) in [4.78, 5) is 43.3. The molecule has 25 heavy (non-hydrogen) atoms. The molecule has 8 nitrogen and oxygen atoms in total. The van der Waals surface area contributed by atoms with Crippen LogP contribution in [0.25, 0.3) is 0 Å². The summed E-state index contributed by atoms with van der Waals surface area (Å²) < 4.78 is 0. The maximum absolute atomic E-state index is 12.5. The van der Waals surface area contributed by atoms with Gasteiger partial charge in [-0.1, -0.05) is 6.42 Å². The third kappa shape index (κ3) is 3.04. The zero-order valence-corrected chi connectivity index (χ0v) is 14.4. The second-order valence-electron chi connectivity index (χ2n) is 6.99. The fraction of sp³-hybridized carbons (Fsp3) is 0.529. The van der Waals surface area contributed by atoms with Gasteiger partial charge in [0.15, 0.2) is 0 Å². The van der Waals surface area contributed by atoms with Crippen LogP contribution in [0.1, 0.15) is 29.6 Å². The monoisotopic (exact) mass is 346 g/mol. The van der Waals surface area contributed by atoms with Crippen LogP contribution < -0.4 is 5.32 Å². The van der Waals surface area contributed by atoms with E-state index in [1.165, 1.54) is 17.2 Å². The highest BCUT2D eigenvalue weighted by molar-refractivity contribution is 5.96. The van der Waals surface area contributed by atoms with E-state index in [4.69, 9.17) is 0 Å². The van der Waals surface area contributed by atoms with Crippen LogP contribution in [-0.2, 0) is 4.79 Å². The lowest BCUT2D eigenvalue weighted by Crippen LogP contribution is -2.38. The molecular formula is C17H22N4O4. The molecule has 1 aromatic rings. The van der Waals surface area contributed by atoms with Gasteiger partial charge in [0.05, 0.1) is 5.41 Å². The summed E-state index contributed by atoms with van der Waals surface area (Å²) in [6.45, 7) is 0.656. The van der Waals surface area contributed by atoms with Crippen molar-refractivity contribution >= 4 is 23.7 Å². The number of nitrogens with one attached hydrogen (secondary N) is 1. The van der Waals surface area contributed by atoms with Crippen molar-refractivity contribution in [1.82, 2.24) is 14.8 Å². The Morgan fingerprint density at radius 1 is 1.40 bits per heavy atom. The predicted octanol–water partition coefficient (Wildman–Crippen LogP) is 1.50. The lowest BCUT2D eigenvalue weighted by atomic mass is 9.81. The maximum Gasteiger partial charge on any atom is 0.323 e. The summed E-state index contributed by atoms with van der Waals surface area (Å²) in [5, 5.41) is 12.3. The third-order valence-electron chi connectivity index (χ3n) is 5.23. The fourth-order valence-electron chi connectivity index (χ4n) is 3.87. The minimum Gasteiger partial charge on any atom is -0.481 e. The standard InChI is InChI=1S/C17H22N4O4/c1-20(2)14(22)11-5-7-18-13(8-11)19-16(25)21-9-12-4-3-6-17(12,10-21)15(23)24/h5,7-8,12H,3-4,6,9-10H2,1-2H3,(H,23,24)(H,18,19,25)/t12-,17+/m0/s1. The molecule has 1 aliphatic carbocycles. The van der Waals surface area contributed by atoms with Gasteiger partial charge in [-0.15, -0.1) is 0 Å². The molecule has 1 saturated carbocycles. The normalized spacial score (nSPS) is 24.7. The minimum absolute atomic E-state index is 0.00497. The molecule has 2 aliphatic rings. The number of anilines is 1. The molecule has 2 atom stereocenters. The second kappa shape index (κ2) is 6.34. The Labute approximate surface area is 145 Å². The Bertz CT molecular complexity index is 720. The Balaban J connectivity index is 1.71. The van der Waals surface area contributed by atoms with Crippen LogP contribution in [0.3, 0.4) is 0 Å². The summed E-state index contributed by atoms with van der Waals surface area (Å²) in [5.41, 5.74) is -0.386. The Kier molecular flexibility index (Phi) is 4.36. The number of hydrogen-bond donors (Lipinski definition) is 2. The highest BCUT2D eigenvalue weighted by atomic mass is 16.4. The number of nitrogens with zero attached hydrogens (tertiary/aromatic N) is 3.